The summed E-state index contributed by atoms with van der Waals surface area (Å²) in [5.74, 6) is 0.165. The Bertz CT molecular complexity index is 524. The topological polar surface area (TPSA) is 29.5 Å². The Labute approximate surface area is 112 Å². The van der Waals surface area contributed by atoms with Crippen LogP contribution in [0.3, 0.4) is 0 Å². The molecule has 0 aliphatic rings. The van der Waals surface area contributed by atoms with E-state index < -0.39 is 6.10 Å². The number of hydrogen-bond acceptors (Lipinski definition) is 2. The minimum Gasteiger partial charge on any atom is -0.493 e. The van der Waals surface area contributed by atoms with Crippen LogP contribution in [0.5, 0.6) is 5.75 Å². The first-order chi connectivity index (χ1) is 9.16. The highest BCUT2D eigenvalue weighted by atomic mass is 19.1. The fourth-order valence-electron chi connectivity index (χ4n) is 1.90. The summed E-state index contributed by atoms with van der Waals surface area (Å²) in [6, 6.07) is 14.2. The summed E-state index contributed by atoms with van der Waals surface area (Å²) in [4.78, 5) is 0. The van der Waals surface area contributed by atoms with Crippen LogP contribution in [0.15, 0.2) is 48.5 Å². The van der Waals surface area contributed by atoms with E-state index >= 15 is 0 Å². The average molecular weight is 260 g/mol. The Kier molecular flexibility index (Phi) is 4.53. The van der Waals surface area contributed by atoms with Gasteiger partial charge in [0.1, 0.15) is 11.6 Å². The SMILES string of the molecule is C[C@H](O)c1cc(F)ccc1OCCc1ccccc1. The van der Waals surface area contributed by atoms with E-state index in [-0.39, 0.29) is 5.82 Å². The molecule has 0 heterocycles. The molecule has 19 heavy (non-hydrogen) atoms. The van der Waals surface area contributed by atoms with Crippen molar-refractivity contribution in [2.45, 2.75) is 19.4 Å². The molecule has 0 aliphatic carbocycles. The van der Waals surface area contributed by atoms with Crippen LogP contribution in [0.1, 0.15) is 24.2 Å². The van der Waals surface area contributed by atoms with Crippen molar-refractivity contribution >= 4 is 0 Å². The minimum atomic E-state index is -0.748. The van der Waals surface area contributed by atoms with Crippen LogP contribution in [-0.4, -0.2) is 11.7 Å². The molecule has 2 aromatic rings. The molecule has 100 valence electrons. The van der Waals surface area contributed by atoms with Crippen LogP contribution in [-0.2, 0) is 6.42 Å². The quantitative estimate of drug-likeness (QED) is 0.891. The molecule has 3 heteroatoms. The van der Waals surface area contributed by atoms with Crippen LogP contribution in [0.2, 0.25) is 0 Å². The molecule has 0 bridgehead atoms. The summed E-state index contributed by atoms with van der Waals surface area (Å²) in [5.41, 5.74) is 1.66. The molecular formula is C16H17FO2. The van der Waals surface area contributed by atoms with Gasteiger partial charge in [-0.3, -0.25) is 0 Å². The lowest BCUT2D eigenvalue weighted by molar-refractivity contribution is 0.191. The monoisotopic (exact) mass is 260 g/mol. The van der Waals surface area contributed by atoms with Gasteiger partial charge in [-0.15, -0.1) is 0 Å². The Morgan fingerprint density at radius 2 is 1.89 bits per heavy atom. The molecule has 0 saturated heterocycles. The summed E-state index contributed by atoms with van der Waals surface area (Å²) in [6.45, 7) is 2.09. The Morgan fingerprint density at radius 3 is 2.58 bits per heavy atom. The van der Waals surface area contributed by atoms with Gasteiger partial charge >= 0.3 is 0 Å². The van der Waals surface area contributed by atoms with E-state index in [9.17, 15) is 9.50 Å². The highest BCUT2D eigenvalue weighted by molar-refractivity contribution is 5.35. The smallest absolute Gasteiger partial charge is 0.125 e. The molecular weight excluding hydrogens is 243 g/mol. The van der Waals surface area contributed by atoms with Crippen molar-refractivity contribution in [2.75, 3.05) is 6.61 Å². The predicted molar refractivity (Wildman–Crippen MR) is 72.7 cm³/mol. The molecule has 0 spiro atoms. The molecule has 2 rings (SSSR count). The molecule has 2 nitrogen and oxygen atoms in total. The predicted octanol–water partition coefficient (Wildman–Crippen LogP) is 3.50. The first-order valence-corrected chi connectivity index (χ1v) is 6.31. The fraction of sp³-hybridized carbons (Fsp3) is 0.250. The van der Waals surface area contributed by atoms with E-state index in [4.69, 9.17) is 4.74 Å². The normalized spacial score (nSPS) is 12.2. The molecule has 0 aromatic heterocycles. The molecule has 1 atom stereocenters. The van der Waals surface area contributed by atoms with Crippen molar-refractivity contribution < 1.29 is 14.2 Å². The molecule has 0 aliphatic heterocycles. The maximum atomic E-state index is 13.1. The summed E-state index contributed by atoms with van der Waals surface area (Å²) in [5, 5.41) is 9.60. The summed E-state index contributed by atoms with van der Waals surface area (Å²) in [6.07, 6.45) is 0.0275. The fourth-order valence-corrected chi connectivity index (χ4v) is 1.90. The van der Waals surface area contributed by atoms with E-state index in [1.54, 1.807) is 13.0 Å². The van der Waals surface area contributed by atoms with E-state index in [2.05, 4.69) is 0 Å². The van der Waals surface area contributed by atoms with Gasteiger partial charge in [-0.1, -0.05) is 30.3 Å². The number of hydrogen-bond donors (Lipinski definition) is 1. The highest BCUT2D eigenvalue weighted by Gasteiger charge is 2.10. The summed E-state index contributed by atoms with van der Waals surface area (Å²) in [7, 11) is 0. The van der Waals surface area contributed by atoms with Gasteiger partial charge in [0.2, 0.25) is 0 Å². The lowest BCUT2D eigenvalue weighted by atomic mass is 10.1. The van der Waals surface area contributed by atoms with E-state index in [0.717, 1.165) is 6.42 Å². The second-order valence-electron chi connectivity index (χ2n) is 4.44. The number of aliphatic hydroxyl groups excluding tert-OH is 1. The largest absolute Gasteiger partial charge is 0.493 e. The zero-order valence-corrected chi connectivity index (χ0v) is 10.8. The van der Waals surface area contributed by atoms with Gasteiger partial charge in [-0.25, -0.2) is 4.39 Å². The lowest BCUT2D eigenvalue weighted by Crippen LogP contribution is -2.05. The van der Waals surface area contributed by atoms with Gasteiger partial charge in [-0.05, 0) is 30.7 Å². The van der Waals surface area contributed by atoms with Crippen molar-refractivity contribution in [3.8, 4) is 5.75 Å². The molecule has 1 N–H and O–H groups in total. The number of ether oxygens (including phenoxy) is 1. The molecule has 0 amide bonds. The van der Waals surface area contributed by atoms with Crippen LogP contribution in [0.4, 0.5) is 4.39 Å². The van der Waals surface area contributed by atoms with Crippen molar-refractivity contribution in [3.63, 3.8) is 0 Å². The molecule has 0 radical (unpaired) electrons. The van der Waals surface area contributed by atoms with Gasteiger partial charge in [0.15, 0.2) is 0 Å². The first kappa shape index (κ1) is 13.6. The third-order valence-corrected chi connectivity index (χ3v) is 2.91. The highest BCUT2D eigenvalue weighted by Crippen LogP contribution is 2.26. The van der Waals surface area contributed by atoms with Crippen LogP contribution in [0, 0.1) is 5.82 Å². The average Bonchev–Trinajstić information content (AvgIpc) is 2.41. The van der Waals surface area contributed by atoms with Crippen LogP contribution >= 0.6 is 0 Å². The molecule has 0 saturated carbocycles. The van der Waals surface area contributed by atoms with E-state index in [1.165, 1.54) is 17.7 Å². The second-order valence-corrected chi connectivity index (χ2v) is 4.44. The third-order valence-electron chi connectivity index (χ3n) is 2.91. The standard InChI is InChI=1S/C16H17FO2/c1-12(18)15-11-14(17)7-8-16(15)19-10-9-13-5-3-2-4-6-13/h2-8,11-12,18H,9-10H2,1H3/t12-/m0/s1. The lowest BCUT2D eigenvalue weighted by Gasteiger charge is -2.13. The number of benzene rings is 2. The maximum absolute atomic E-state index is 13.1. The van der Waals surface area contributed by atoms with Gasteiger partial charge in [-0.2, -0.15) is 0 Å². The zero-order chi connectivity index (χ0) is 13.7. The number of aliphatic hydroxyl groups is 1. The maximum Gasteiger partial charge on any atom is 0.125 e. The van der Waals surface area contributed by atoms with Crippen molar-refractivity contribution in [1.82, 2.24) is 0 Å². The van der Waals surface area contributed by atoms with Crippen LogP contribution in [0.25, 0.3) is 0 Å². The van der Waals surface area contributed by atoms with E-state index in [1.807, 2.05) is 30.3 Å². The van der Waals surface area contributed by atoms with Gasteiger partial charge < -0.3 is 9.84 Å². The summed E-state index contributed by atoms with van der Waals surface area (Å²) < 4.78 is 18.8. The van der Waals surface area contributed by atoms with Gasteiger partial charge in [0, 0.05) is 12.0 Å². The van der Waals surface area contributed by atoms with Gasteiger partial charge in [0.25, 0.3) is 0 Å². The Morgan fingerprint density at radius 1 is 1.16 bits per heavy atom. The second kappa shape index (κ2) is 6.34. The van der Waals surface area contributed by atoms with E-state index in [0.29, 0.717) is 17.9 Å². The Hall–Kier alpha value is -1.87. The zero-order valence-electron chi connectivity index (χ0n) is 10.8. The van der Waals surface area contributed by atoms with Crippen molar-refractivity contribution in [2.24, 2.45) is 0 Å². The number of rotatable bonds is 5. The number of halogens is 1. The minimum absolute atomic E-state index is 0.369. The van der Waals surface area contributed by atoms with Crippen LogP contribution < -0.4 is 4.74 Å². The van der Waals surface area contributed by atoms with Gasteiger partial charge in [0.05, 0.1) is 12.7 Å². The van der Waals surface area contributed by atoms with Crippen molar-refractivity contribution in [1.29, 1.82) is 0 Å². The van der Waals surface area contributed by atoms with Crippen molar-refractivity contribution in [3.05, 3.63) is 65.5 Å². The molecule has 2 aromatic carbocycles. The molecule has 0 fully saturated rings. The molecule has 0 unspecified atom stereocenters. The summed E-state index contributed by atoms with van der Waals surface area (Å²) >= 11 is 0. The third kappa shape index (κ3) is 3.80. The first-order valence-electron chi connectivity index (χ1n) is 6.31. The Balaban J connectivity index is 2.00.